The number of likely N-dealkylation sites (N-methyl/N-ethyl adjacent to an activating group) is 1. The monoisotopic (exact) mass is 531 g/mol. The van der Waals surface area contributed by atoms with Crippen LogP contribution in [0.4, 0.5) is 4.79 Å². The number of piperidine rings is 1. The Morgan fingerprint density at radius 3 is 2.40 bits per heavy atom. The maximum absolute atomic E-state index is 12.0. The molecule has 1 aliphatic heterocycles. The van der Waals surface area contributed by atoms with Crippen LogP contribution in [0.15, 0.2) is 29.3 Å². The van der Waals surface area contributed by atoms with Gasteiger partial charge in [-0.05, 0) is 32.3 Å². The number of hydrogen-bond acceptors (Lipinski definition) is 4. The third-order valence-electron chi connectivity index (χ3n) is 4.81. The Labute approximate surface area is 196 Å². The third kappa shape index (κ3) is 8.76. The molecule has 0 saturated carbocycles. The van der Waals surface area contributed by atoms with Crippen LogP contribution in [0.5, 0.6) is 0 Å². The van der Waals surface area contributed by atoms with Crippen LogP contribution in [0.2, 0.25) is 0 Å². The minimum Gasteiger partial charge on any atom is -0.450 e. The summed E-state index contributed by atoms with van der Waals surface area (Å²) in [5, 5.41) is 6.54. The smallest absolute Gasteiger partial charge is 0.409 e. The molecule has 0 spiro atoms. The molecule has 2 N–H and O–H groups in total. The Kier molecular flexibility index (Phi) is 11.5. The van der Waals surface area contributed by atoms with Crippen molar-refractivity contribution in [1.29, 1.82) is 0 Å². The highest BCUT2D eigenvalue weighted by Gasteiger charge is 2.24. The standard InChI is InChI=1S/C21H33N5O3.HI/c1-5-29-21(28)26-12-10-18(11-13-26)24-20(23-15-19(27)25(3)4)22-14-17-8-6-16(2)7-9-17;/h6-9,18H,5,10-15H2,1-4H3,(H2,22,23,24);1H. The van der Waals surface area contributed by atoms with Gasteiger partial charge in [-0.1, -0.05) is 29.8 Å². The molecule has 0 unspecified atom stereocenters. The lowest BCUT2D eigenvalue weighted by atomic mass is 10.1. The van der Waals surface area contributed by atoms with Gasteiger partial charge in [0.15, 0.2) is 5.96 Å². The van der Waals surface area contributed by atoms with E-state index in [0.717, 1.165) is 18.4 Å². The predicted octanol–water partition coefficient (Wildman–Crippen LogP) is 2.36. The summed E-state index contributed by atoms with van der Waals surface area (Å²) in [6.07, 6.45) is 1.34. The summed E-state index contributed by atoms with van der Waals surface area (Å²) < 4.78 is 5.07. The van der Waals surface area contributed by atoms with Crippen molar-refractivity contribution in [3.8, 4) is 0 Å². The summed E-state index contributed by atoms with van der Waals surface area (Å²) in [6.45, 7) is 6.22. The Morgan fingerprint density at radius 1 is 1.20 bits per heavy atom. The molecular formula is C21H34IN5O3. The molecule has 1 heterocycles. The zero-order chi connectivity index (χ0) is 21.2. The first-order valence-electron chi connectivity index (χ1n) is 10.1. The van der Waals surface area contributed by atoms with Crippen molar-refractivity contribution in [2.24, 2.45) is 4.99 Å². The maximum atomic E-state index is 12.0. The number of aryl methyl sites for hydroxylation is 1. The van der Waals surface area contributed by atoms with Gasteiger partial charge in [-0.25, -0.2) is 9.79 Å². The van der Waals surface area contributed by atoms with Crippen LogP contribution in [0.1, 0.15) is 30.9 Å². The average Bonchev–Trinajstić information content (AvgIpc) is 2.71. The van der Waals surface area contributed by atoms with Crippen molar-refractivity contribution < 1.29 is 14.3 Å². The fourth-order valence-electron chi connectivity index (χ4n) is 2.95. The number of amides is 2. The lowest BCUT2D eigenvalue weighted by Crippen LogP contribution is -2.51. The first kappa shape index (κ1) is 26.0. The number of rotatable bonds is 6. The Bertz CT molecular complexity index is 701. The van der Waals surface area contributed by atoms with Crippen molar-refractivity contribution in [2.75, 3.05) is 40.3 Å². The van der Waals surface area contributed by atoms with E-state index in [1.54, 1.807) is 23.9 Å². The largest absolute Gasteiger partial charge is 0.450 e. The molecule has 2 rings (SSSR count). The molecule has 1 saturated heterocycles. The summed E-state index contributed by atoms with van der Waals surface area (Å²) >= 11 is 0. The number of ether oxygens (including phenoxy) is 1. The molecule has 8 nitrogen and oxygen atoms in total. The molecule has 0 atom stereocenters. The van der Waals surface area contributed by atoms with Gasteiger partial charge in [-0.3, -0.25) is 4.79 Å². The van der Waals surface area contributed by atoms with Gasteiger partial charge in [0.05, 0.1) is 19.7 Å². The van der Waals surface area contributed by atoms with E-state index in [1.807, 2.05) is 6.92 Å². The molecule has 1 aliphatic rings. The lowest BCUT2D eigenvalue weighted by Gasteiger charge is -2.32. The van der Waals surface area contributed by atoms with Crippen LogP contribution in [0, 0.1) is 6.92 Å². The van der Waals surface area contributed by atoms with Crippen molar-refractivity contribution in [2.45, 2.75) is 39.3 Å². The van der Waals surface area contributed by atoms with Gasteiger partial charge in [-0.15, -0.1) is 24.0 Å². The van der Waals surface area contributed by atoms with Crippen molar-refractivity contribution >= 4 is 41.9 Å². The number of guanidine groups is 1. The molecule has 0 radical (unpaired) electrons. The highest BCUT2D eigenvalue weighted by molar-refractivity contribution is 14.0. The fourth-order valence-corrected chi connectivity index (χ4v) is 2.95. The van der Waals surface area contributed by atoms with Gasteiger partial charge >= 0.3 is 6.09 Å². The molecule has 0 aliphatic carbocycles. The van der Waals surface area contributed by atoms with Gasteiger partial charge < -0.3 is 25.2 Å². The van der Waals surface area contributed by atoms with E-state index in [-0.39, 0.29) is 48.6 Å². The number of likely N-dealkylation sites (tertiary alicyclic amines) is 1. The summed E-state index contributed by atoms with van der Waals surface area (Å²) in [7, 11) is 3.46. The second-order valence-corrected chi connectivity index (χ2v) is 7.40. The van der Waals surface area contributed by atoms with E-state index in [0.29, 0.717) is 32.2 Å². The highest BCUT2D eigenvalue weighted by Crippen LogP contribution is 2.12. The van der Waals surface area contributed by atoms with Crippen molar-refractivity contribution in [1.82, 2.24) is 20.4 Å². The van der Waals surface area contributed by atoms with Crippen LogP contribution in [-0.4, -0.2) is 74.1 Å². The van der Waals surface area contributed by atoms with Gasteiger partial charge in [-0.2, -0.15) is 0 Å². The molecule has 0 aromatic heterocycles. The van der Waals surface area contributed by atoms with E-state index in [1.165, 1.54) is 5.56 Å². The van der Waals surface area contributed by atoms with Gasteiger partial charge in [0.2, 0.25) is 5.91 Å². The minimum absolute atomic E-state index is 0. The average molecular weight is 531 g/mol. The molecule has 2 amide bonds. The third-order valence-corrected chi connectivity index (χ3v) is 4.81. The molecule has 1 fully saturated rings. The summed E-state index contributed by atoms with van der Waals surface area (Å²) in [5.41, 5.74) is 2.31. The number of halogens is 1. The van der Waals surface area contributed by atoms with Gasteiger partial charge in [0.1, 0.15) is 0 Å². The predicted molar refractivity (Wildman–Crippen MR) is 129 cm³/mol. The lowest BCUT2D eigenvalue weighted by molar-refractivity contribution is -0.127. The number of benzene rings is 1. The topological polar surface area (TPSA) is 86.3 Å². The molecule has 30 heavy (non-hydrogen) atoms. The van der Waals surface area contributed by atoms with E-state index in [9.17, 15) is 9.59 Å². The first-order chi connectivity index (χ1) is 13.9. The second kappa shape index (κ2) is 13.3. The molecule has 0 bridgehead atoms. The highest BCUT2D eigenvalue weighted by atomic mass is 127. The summed E-state index contributed by atoms with van der Waals surface area (Å²) in [6, 6.07) is 8.41. The Hall–Kier alpha value is -2.04. The normalized spacial score (nSPS) is 14.5. The van der Waals surface area contributed by atoms with E-state index in [2.05, 4.69) is 46.8 Å². The number of aliphatic imine (C=N–C) groups is 1. The van der Waals surface area contributed by atoms with Crippen LogP contribution in [0.3, 0.4) is 0 Å². The number of hydrogen-bond donors (Lipinski definition) is 2. The van der Waals surface area contributed by atoms with Crippen LogP contribution < -0.4 is 10.6 Å². The number of nitrogens with one attached hydrogen (secondary N) is 2. The van der Waals surface area contributed by atoms with E-state index in [4.69, 9.17) is 4.74 Å². The fraction of sp³-hybridized carbons (Fsp3) is 0.571. The Morgan fingerprint density at radius 2 is 1.83 bits per heavy atom. The zero-order valence-electron chi connectivity index (χ0n) is 18.3. The molecule has 9 heteroatoms. The number of nitrogens with zero attached hydrogens (tertiary/aromatic N) is 3. The minimum atomic E-state index is -0.256. The van der Waals surface area contributed by atoms with Crippen LogP contribution >= 0.6 is 24.0 Å². The number of carbonyl (C=O) groups is 2. The molecule has 1 aromatic carbocycles. The molecular weight excluding hydrogens is 497 g/mol. The van der Waals surface area contributed by atoms with Crippen LogP contribution in [0.25, 0.3) is 0 Å². The van der Waals surface area contributed by atoms with E-state index >= 15 is 0 Å². The maximum Gasteiger partial charge on any atom is 0.409 e. The van der Waals surface area contributed by atoms with Crippen LogP contribution in [-0.2, 0) is 16.1 Å². The van der Waals surface area contributed by atoms with Gasteiger partial charge in [0.25, 0.3) is 0 Å². The second-order valence-electron chi connectivity index (χ2n) is 7.40. The Balaban J connectivity index is 0.00000450. The number of carbonyl (C=O) groups excluding carboxylic acids is 2. The summed E-state index contributed by atoms with van der Waals surface area (Å²) in [4.78, 5) is 31.7. The zero-order valence-corrected chi connectivity index (χ0v) is 20.6. The van der Waals surface area contributed by atoms with Crippen molar-refractivity contribution in [3.05, 3.63) is 35.4 Å². The molecule has 168 valence electrons. The quantitative estimate of drug-likeness (QED) is 0.335. The van der Waals surface area contributed by atoms with Crippen molar-refractivity contribution in [3.63, 3.8) is 0 Å². The first-order valence-corrected chi connectivity index (χ1v) is 10.1. The molecule has 1 aromatic rings. The van der Waals surface area contributed by atoms with Gasteiger partial charge in [0, 0.05) is 33.2 Å². The van der Waals surface area contributed by atoms with E-state index < -0.39 is 0 Å². The summed E-state index contributed by atoms with van der Waals surface area (Å²) in [5.74, 6) is 0.585. The SMILES string of the molecule is CCOC(=O)N1CCC(NC(=NCc2ccc(C)cc2)NCC(=O)N(C)C)CC1.I.